The van der Waals surface area contributed by atoms with Gasteiger partial charge in [0.25, 0.3) is 5.91 Å². The molecule has 2 aromatic rings. The molecule has 0 radical (unpaired) electrons. The Hall–Kier alpha value is -2.05. The van der Waals surface area contributed by atoms with Crippen molar-refractivity contribution in [3.63, 3.8) is 0 Å². The van der Waals surface area contributed by atoms with Crippen molar-refractivity contribution in [1.82, 2.24) is 0 Å². The summed E-state index contributed by atoms with van der Waals surface area (Å²) in [6.07, 6.45) is 1.10. The number of anilines is 2. The predicted octanol–water partition coefficient (Wildman–Crippen LogP) is 3.60. The third-order valence-electron chi connectivity index (χ3n) is 3.91. The summed E-state index contributed by atoms with van der Waals surface area (Å²) in [5.74, 6) is -0.345. The topological polar surface area (TPSA) is 66.5 Å². The summed E-state index contributed by atoms with van der Waals surface area (Å²) in [6.45, 7) is 3.89. The Morgan fingerprint density at radius 1 is 1.17 bits per heavy atom. The van der Waals surface area contributed by atoms with E-state index in [1.54, 1.807) is 6.07 Å². The van der Waals surface area contributed by atoms with E-state index in [-0.39, 0.29) is 16.5 Å². The van der Waals surface area contributed by atoms with Crippen LogP contribution in [0, 0.1) is 13.8 Å². The van der Waals surface area contributed by atoms with Gasteiger partial charge in [0, 0.05) is 12.7 Å². The monoisotopic (exact) mass is 366 g/mol. The molecule has 0 atom stereocenters. The van der Waals surface area contributed by atoms with Gasteiger partial charge in [-0.1, -0.05) is 23.7 Å². The summed E-state index contributed by atoms with van der Waals surface area (Å²) in [7, 11) is -1.96. The quantitative estimate of drug-likeness (QED) is 0.898. The van der Waals surface area contributed by atoms with Crippen molar-refractivity contribution < 1.29 is 13.2 Å². The van der Waals surface area contributed by atoms with E-state index < -0.39 is 10.0 Å². The van der Waals surface area contributed by atoms with Crippen LogP contribution in [0.5, 0.6) is 0 Å². The fourth-order valence-corrected chi connectivity index (χ4v) is 2.91. The van der Waals surface area contributed by atoms with Gasteiger partial charge in [0.1, 0.15) is 0 Å². The highest BCUT2D eigenvalue weighted by Gasteiger charge is 2.17. The molecule has 0 heterocycles. The van der Waals surface area contributed by atoms with Gasteiger partial charge < -0.3 is 5.32 Å². The van der Waals surface area contributed by atoms with Crippen LogP contribution in [0.25, 0.3) is 0 Å². The van der Waals surface area contributed by atoms with E-state index in [9.17, 15) is 13.2 Å². The van der Waals surface area contributed by atoms with Gasteiger partial charge in [-0.05, 0) is 49.2 Å². The van der Waals surface area contributed by atoms with Gasteiger partial charge >= 0.3 is 0 Å². The fourth-order valence-electron chi connectivity index (χ4n) is 2.15. The molecular formula is C17H19ClN2O3S. The van der Waals surface area contributed by atoms with Crippen molar-refractivity contribution in [2.45, 2.75) is 13.8 Å². The average molecular weight is 367 g/mol. The molecule has 0 aliphatic rings. The zero-order valence-electron chi connectivity index (χ0n) is 13.9. The Kier molecular flexibility index (Phi) is 5.20. The fraction of sp³-hybridized carbons (Fsp3) is 0.235. The number of hydrogen-bond donors (Lipinski definition) is 1. The molecule has 128 valence electrons. The Morgan fingerprint density at radius 3 is 2.42 bits per heavy atom. The first kappa shape index (κ1) is 18.3. The highest BCUT2D eigenvalue weighted by atomic mass is 35.5. The van der Waals surface area contributed by atoms with Gasteiger partial charge in [0.2, 0.25) is 10.0 Å². The Labute approximate surface area is 147 Å². The van der Waals surface area contributed by atoms with E-state index in [4.69, 9.17) is 11.6 Å². The maximum absolute atomic E-state index is 12.4. The van der Waals surface area contributed by atoms with Crippen LogP contribution in [0.3, 0.4) is 0 Å². The Balaban J connectivity index is 2.29. The molecule has 0 saturated heterocycles. The van der Waals surface area contributed by atoms with Gasteiger partial charge in [-0.15, -0.1) is 0 Å². The highest BCUT2D eigenvalue weighted by Crippen LogP contribution is 2.26. The van der Waals surface area contributed by atoms with Gasteiger partial charge in [-0.2, -0.15) is 0 Å². The largest absolute Gasteiger partial charge is 0.322 e. The molecule has 0 bridgehead atoms. The number of nitrogens with zero attached hydrogens (tertiary/aromatic N) is 1. The molecule has 1 N–H and O–H groups in total. The van der Waals surface area contributed by atoms with Crippen molar-refractivity contribution in [3.05, 3.63) is 58.1 Å². The Morgan fingerprint density at radius 2 is 1.83 bits per heavy atom. The third kappa shape index (κ3) is 3.88. The van der Waals surface area contributed by atoms with Crippen LogP contribution in [0.15, 0.2) is 36.4 Å². The molecule has 0 aliphatic heterocycles. The zero-order chi connectivity index (χ0) is 18.1. The van der Waals surface area contributed by atoms with Crippen LogP contribution in [0.4, 0.5) is 11.4 Å². The maximum atomic E-state index is 12.4. The van der Waals surface area contributed by atoms with E-state index in [0.29, 0.717) is 11.4 Å². The van der Waals surface area contributed by atoms with Crippen LogP contribution in [0.1, 0.15) is 21.5 Å². The van der Waals surface area contributed by atoms with E-state index >= 15 is 0 Å². The molecule has 5 nitrogen and oxygen atoms in total. The smallest absolute Gasteiger partial charge is 0.257 e. The number of carbonyl (C=O) groups excluding carboxylic acids is 1. The van der Waals surface area contributed by atoms with Crippen LogP contribution >= 0.6 is 11.6 Å². The summed E-state index contributed by atoms with van der Waals surface area (Å²) < 4.78 is 24.3. The third-order valence-corrected chi connectivity index (χ3v) is 5.43. The van der Waals surface area contributed by atoms with Gasteiger partial charge in [-0.25, -0.2) is 8.42 Å². The Bertz CT molecular complexity index is 895. The van der Waals surface area contributed by atoms with Gasteiger partial charge in [-0.3, -0.25) is 9.10 Å². The number of amides is 1. The number of aryl methyl sites for hydroxylation is 1. The average Bonchev–Trinajstić information content (AvgIpc) is 2.50. The highest BCUT2D eigenvalue weighted by molar-refractivity contribution is 7.92. The van der Waals surface area contributed by atoms with Crippen LogP contribution in [0.2, 0.25) is 5.02 Å². The molecule has 7 heteroatoms. The summed E-state index contributed by atoms with van der Waals surface area (Å²) in [6, 6.07) is 10.2. The lowest BCUT2D eigenvalue weighted by molar-refractivity contribution is 0.102. The van der Waals surface area contributed by atoms with Crippen molar-refractivity contribution in [2.75, 3.05) is 22.9 Å². The molecule has 0 saturated carbocycles. The molecule has 0 fully saturated rings. The van der Waals surface area contributed by atoms with E-state index in [0.717, 1.165) is 21.7 Å². The number of halogens is 1. The predicted molar refractivity (Wildman–Crippen MR) is 98.6 cm³/mol. The lowest BCUT2D eigenvalue weighted by Gasteiger charge is -2.17. The summed E-state index contributed by atoms with van der Waals surface area (Å²) in [5, 5.41) is 3.02. The number of rotatable bonds is 4. The lowest BCUT2D eigenvalue weighted by Crippen LogP contribution is -2.25. The van der Waals surface area contributed by atoms with Crippen LogP contribution < -0.4 is 9.62 Å². The zero-order valence-corrected chi connectivity index (χ0v) is 15.5. The van der Waals surface area contributed by atoms with Crippen molar-refractivity contribution in [1.29, 1.82) is 0 Å². The second-order valence-electron chi connectivity index (χ2n) is 5.60. The minimum absolute atomic E-state index is 0.186. The minimum atomic E-state index is -3.39. The minimum Gasteiger partial charge on any atom is -0.322 e. The molecule has 0 aliphatic carbocycles. The van der Waals surface area contributed by atoms with E-state index in [1.807, 2.05) is 32.0 Å². The van der Waals surface area contributed by atoms with Crippen molar-refractivity contribution in [3.8, 4) is 0 Å². The maximum Gasteiger partial charge on any atom is 0.257 e. The molecule has 1 amide bonds. The number of sulfonamides is 1. The lowest BCUT2D eigenvalue weighted by atomic mass is 10.1. The summed E-state index contributed by atoms with van der Waals surface area (Å²) >= 11 is 6.17. The van der Waals surface area contributed by atoms with E-state index in [1.165, 1.54) is 19.2 Å². The SMILES string of the molecule is Cc1cccc(NC(=O)c2ccc(N(C)S(C)(=O)=O)cc2Cl)c1C. The summed E-state index contributed by atoms with van der Waals surface area (Å²) in [4.78, 5) is 12.4. The molecule has 0 aromatic heterocycles. The molecular weight excluding hydrogens is 348 g/mol. The molecule has 0 unspecified atom stereocenters. The van der Waals surface area contributed by atoms with Gasteiger partial charge in [0.15, 0.2) is 0 Å². The second kappa shape index (κ2) is 6.83. The number of nitrogens with one attached hydrogen (secondary N) is 1. The van der Waals surface area contributed by atoms with Crippen molar-refractivity contribution >= 4 is 38.9 Å². The van der Waals surface area contributed by atoms with Gasteiger partial charge in [0.05, 0.1) is 22.5 Å². The second-order valence-corrected chi connectivity index (χ2v) is 8.02. The van der Waals surface area contributed by atoms with Crippen LogP contribution in [-0.4, -0.2) is 27.6 Å². The summed E-state index contributed by atoms with van der Waals surface area (Å²) in [5.41, 5.74) is 3.45. The van der Waals surface area contributed by atoms with Crippen LogP contribution in [-0.2, 0) is 10.0 Å². The number of hydrogen-bond acceptors (Lipinski definition) is 3. The molecule has 24 heavy (non-hydrogen) atoms. The normalized spacial score (nSPS) is 11.2. The molecule has 2 aromatic carbocycles. The number of carbonyl (C=O) groups is 1. The first-order valence-electron chi connectivity index (χ1n) is 7.22. The first-order chi connectivity index (χ1) is 11.1. The molecule has 0 spiro atoms. The standard InChI is InChI=1S/C17H19ClN2O3S/c1-11-6-5-7-16(12(11)2)19-17(21)14-9-8-13(10-15(14)18)20(3)24(4,22)23/h5-10H,1-4H3,(H,19,21). The molecule has 2 rings (SSSR count). The van der Waals surface area contributed by atoms with Crippen molar-refractivity contribution in [2.24, 2.45) is 0 Å². The van der Waals surface area contributed by atoms with E-state index in [2.05, 4.69) is 5.32 Å². The first-order valence-corrected chi connectivity index (χ1v) is 9.45. The number of benzene rings is 2.